The number of hydrogen-bond acceptors (Lipinski definition) is 3. The van der Waals surface area contributed by atoms with Gasteiger partial charge in [0.15, 0.2) is 0 Å². The van der Waals surface area contributed by atoms with E-state index in [1.165, 1.54) is 0 Å². The summed E-state index contributed by atoms with van der Waals surface area (Å²) in [5, 5.41) is 20.3. The van der Waals surface area contributed by atoms with Crippen molar-refractivity contribution in [1.29, 1.82) is 0 Å². The molecule has 1 heterocycles. The van der Waals surface area contributed by atoms with Gasteiger partial charge in [-0.15, -0.1) is 0 Å². The van der Waals surface area contributed by atoms with Gasteiger partial charge in [0.25, 0.3) is 0 Å². The third-order valence-corrected chi connectivity index (χ3v) is 1.67. The maximum Gasteiger partial charge on any atom is 0.320 e. The molecule has 0 aromatic rings. The van der Waals surface area contributed by atoms with Crippen LogP contribution >= 0.6 is 0 Å². The van der Waals surface area contributed by atoms with Crippen molar-refractivity contribution in [3.8, 4) is 0 Å². The Labute approximate surface area is 58.9 Å². The average molecular weight is 145 g/mol. The van der Waals surface area contributed by atoms with Gasteiger partial charge in [-0.05, 0) is 19.4 Å². The van der Waals surface area contributed by atoms with E-state index in [9.17, 15) is 4.79 Å². The summed E-state index contributed by atoms with van der Waals surface area (Å²) in [4.78, 5) is 10.3. The van der Waals surface area contributed by atoms with E-state index in [2.05, 4.69) is 5.32 Å². The van der Waals surface area contributed by atoms with Crippen LogP contribution in [0.3, 0.4) is 0 Å². The lowest BCUT2D eigenvalue weighted by Gasteiger charge is -2.23. The predicted octanol–water partition coefficient (Wildman–Crippen LogP) is -0.816. The van der Waals surface area contributed by atoms with Crippen molar-refractivity contribution in [3.05, 3.63) is 0 Å². The lowest BCUT2D eigenvalue weighted by atomic mass is 10.0. The number of hydrogen-bond donors (Lipinski definition) is 3. The molecule has 1 rings (SSSR count). The van der Waals surface area contributed by atoms with Gasteiger partial charge in [0, 0.05) is 0 Å². The molecule has 58 valence electrons. The highest BCUT2D eigenvalue weighted by Gasteiger charge is 2.24. The van der Waals surface area contributed by atoms with Crippen molar-refractivity contribution in [2.24, 2.45) is 0 Å². The van der Waals surface area contributed by atoms with E-state index in [0.717, 1.165) is 0 Å². The highest BCUT2D eigenvalue weighted by Crippen LogP contribution is 2.07. The Hall–Kier alpha value is -0.610. The lowest BCUT2D eigenvalue weighted by molar-refractivity contribution is -0.141. The molecule has 1 aliphatic heterocycles. The SMILES string of the molecule is O=C(O)[C@@H]1CC(O)CCN1. The van der Waals surface area contributed by atoms with Crippen LogP contribution < -0.4 is 5.32 Å². The Morgan fingerprint density at radius 3 is 2.70 bits per heavy atom. The maximum absolute atomic E-state index is 10.3. The monoisotopic (exact) mass is 145 g/mol. The molecule has 3 N–H and O–H groups in total. The fraction of sp³-hybridized carbons (Fsp3) is 0.833. The Bertz CT molecular complexity index is 137. The molecule has 1 aliphatic rings. The van der Waals surface area contributed by atoms with Crippen molar-refractivity contribution in [2.45, 2.75) is 25.0 Å². The number of rotatable bonds is 1. The van der Waals surface area contributed by atoms with Crippen LogP contribution in [0, 0.1) is 0 Å². The molecule has 0 aliphatic carbocycles. The summed E-state index contributed by atoms with van der Waals surface area (Å²) in [7, 11) is 0. The zero-order valence-corrected chi connectivity index (χ0v) is 5.58. The zero-order chi connectivity index (χ0) is 7.56. The highest BCUT2D eigenvalue weighted by atomic mass is 16.4. The van der Waals surface area contributed by atoms with Crippen LogP contribution in [0.15, 0.2) is 0 Å². The van der Waals surface area contributed by atoms with E-state index in [-0.39, 0.29) is 0 Å². The Kier molecular flexibility index (Phi) is 2.24. The van der Waals surface area contributed by atoms with E-state index >= 15 is 0 Å². The molecule has 0 aromatic carbocycles. The van der Waals surface area contributed by atoms with Crippen LogP contribution in [0.1, 0.15) is 12.8 Å². The molecule has 4 heteroatoms. The molecule has 1 saturated heterocycles. The van der Waals surface area contributed by atoms with Gasteiger partial charge >= 0.3 is 5.97 Å². The second-order valence-electron chi connectivity index (χ2n) is 2.52. The van der Waals surface area contributed by atoms with Crippen LogP contribution in [0.2, 0.25) is 0 Å². The van der Waals surface area contributed by atoms with Gasteiger partial charge in [-0.2, -0.15) is 0 Å². The first kappa shape index (κ1) is 7.50. The molecule has 0 amide bonds. The summed E-state index contributed by atoms with van der Waals surface area (Å²) >= 11 is 0. The van der Waals surface area contributed by atoms with Crippen LogP contribution in [0.5, 0.6) is 0 Å². The van der Waals surface area contributed by atoms with Crippen LogP contribution in [0.25, 0.3) is 0 Å². The van der Waals surface area contributed by atoms with Crippen LogP contribution in [-0.2, 0) is 4.79 Å². The van der Waals surface area contributed by atoms with E-state index in [4.69, 9.17) is 10.2 Å². The molecule has 0 spiro atoms. The van der Waals surface area contributed by atoms with Gasteiger partial charge in [-0.25, -0.2) is 0 Å². The molecular formula is C6H11NO3. The largest absolute Gasteiger partial charge is 0.480 e. The molecule has 2 atom stereocenters. The number of carbonyl (C=O) groups is 1. The minimum atomic E-state index is -0.876. The zero-order valence-electron chi connectivity index (χ0n) is 5.58. The number of aliphatic carboxylic acids is 1. The molecule has 10 heavy (non-hydrogen) atoms. The smallest absolute Gasteiger partial charge is 0.320 e. The third-order valence-electron chi connectivity index (χ3n) is 1.67. The normalized spacial score (nSPS) is 33.7. The molecule has 0 saturated carbocycles. The van der Waals surface area contributed by atoms with E-state index in [1.807, 2.05) is 0 Å². The minimum absolute atomic E-state index is 0.329. The Morgan fingerprint density at radius 1 is 1.60 bits per heavy atom. The molecule has 0 radical (unpaired) electrons. The summed E-state index contributed by atoms with van der Waals surface area (Å²) in [6.45, 7) is 0.595. The van der Waals surface area contributed by atoms with E-state index in [1.54, 1.807) is 0 Å². The number of carboxylic acid groups (broad SMARTS) is 1. The second-order valence-corrected chi connectivity index (χ2v) is 2.52. The Balaban J connectivity index is 2.39. The average Bonchev–Trinajstić information content (AvgIpc) is 1.88. The third kappa shape index (κ3) is 1.68. The fourth-order valence-electron chi connectivity index (χ4n) is 1.09. The topological polar surface area (TPSA) is 69.6 Å². The molecule has 1 fully saturated rings. The molecule has 0 aromatic heterocycles. The van der Waals surface area contributed by atoms with Crippen molar-refractivity contribution < 1.29 is 15.0 Å². The van der Waals surface area contributed by atoms with Gasteiger partial charge in [0.1, 0.15) is 6.04 Å². The summed E-state index contributed by atoms with van der Waals surface area (Å²) in [5.41, 5.74) is 0. The quantitative estimate of drug-likeness (QED) is 0.451. The van der Waals surface area contributed by atoms with Crippen molar-refractivity contribution in [3.63, 3.8) is 0 Å². The van der Waals surface area contributed by atoms with E-state index in [0.29, 0.717) is 19.4 Å². The second kappa shape index (κ2) is 2.98. The van der Waals surface area contributed by atoms with E-state index < -0.39 is 18.1 Å². The van der Waals surface area contributed by atoms with Gasteiger partial charge in [-0.3, -0.25) is 4.79 Å². The van der Waals surface area contributed by atoms with Crippen LogP contribution in [-0.4, -0.2) is 34.9 Å². The summed E-state index contributed by atoms with van der Waals surface area (Å²) in [5.74, 6) is -0.876. The van der Waals surface area contributed by atoms with Crippen molar-refractivity contribution >= 4 is 5.97 Å². The number of carboxylic acids is 1. The first-order valence-electron chi connectivity index (χ1n) is 3.34. The molecule has 0 bridgehead atoms. The number of piperidine rings is 1. The number of nitrogens with one attached hydrogen (secondary N) is 1. The van der Waals surface area contributed by atoms with Gasteiger partial charge < -0.3 is 15.5 Å². The Morgan fingerprint density at radius 2 is 2.30 bits per heavy atom. The van der Waals surface area contributed by atoms with Crippen LogP contribution in [0.4, 0.5) is 0 Å². The first-order chi connectivity index (χ1) is 4.70. The predicted molar refractivity (Wildman–Crippen MR) is 34.7 cm³/mol. The molecular weight excluding hydrogens is 134 g/mol. The van der Waals surface area contributed by atoms with Gasteiger partial charge in [0.05, 0.1) is 6.10 Å². The van der Waals surface area contributed by atoms with Crippen molar-refractivity contribution in [2.75, 3.05) is 6.54 Å². The van der Waals surface area contributed by atoms with Gasteiger partial charge in [-0.1, -0.05) is 0 Å². The summed E-state index contributed by atoms with van der Waals surface area (Å²) < 4.78 is 0. The summed E-state index contributed by atoms with van der Waals surface area (Å²) in [6, 6.07) is -0.552. The fourth-order valence-corrected chi connectivity index (χ4v) is 1.09. The first-order valence-corrected chi connectivity index (χ1v) is 3.34. The van der Waals surface area contributed by atoms with Crippen molar-refractivity contribution in [1.82, 2.24) is 5.32 Å². The van der Waals surface area contributed by atoms with Gasteiger partial charge in [0.2, 0.25) is 0 Å². The number of aliphatic hydroxyl groups is 1. The standard InChI is InChI=1S/C6H11NO3/c8-4-1-2-7-5(3-4)6(9)10/h4-5,7-8H,1-3H2,(H,9,10)/t4?,5-/m0/s1. The maximum atomic E-state index is 10.3. The minimum Gasteiger partial charge on any atom is -0.480 e. The number of aliphatic hydroxyl groups excluding tert-OH is 1. The molecule has 4 nitrogen and oxygen atoms in total. The highest BCUT2D eigenvalue weighted by molar-refractivity contribution is 5.73. The molecule has 1 unspecified atom stereocenters. The summed E-state index contributed by atoms with van der Waals surface area (Å²) in [6.07, 6.45) is 0.543. The lowest BCUT2D eigenvalue weighted by Crippen LogP contribution is -2.45.